The third kappa shape index (κ3) is 4.58. The van der Waals surface area contributed by atoms with Crippen molar-refractivity contribution in [1.29, 1.82) is 0 Å². The normalized spacial score (nSPS) is 12.0. The lowest BCUT2D eigenvalue weighted by Gasteiger charge is -2.10. The fourth-order valence-corrected chi connectivity index (χ4v) is 2.68. The summed E-state index contributed by atoms with van der Waals surface area (Å²) >= 11 is 0. The van der Waals surface area contributed by atoms with Gasteiger partial charge in [-0.3, -0.25) is 4.79 Å². The van der Waals surface area contributed by atoms with E-state index >= 15 is 0 Å². The Bertz CT molecular complexity index is 861. The zero-order chi connectivity index (χ0) is 18.0. The first-order chi connectivity index (χ1) is 11.1. The molecule has 0 aliphatic rings. The van der Waals surface area contributed by atoms with Crippen molar-refractivity contribution in [2.45, 2.75) is 17.6 Å². The predicted octanol–water partition coefficient (Wildman–Crippen LogP) is 3.04. The van der Waals surface area contributed by atoms with E-state index in [0.29, 0.717) is 0 Å². The van der Waals surface area contributed by atoms with E-state index in [4.69, 9.17) is 0 Å². The van der Waals surface area contributed by atoms with E-state index in [-0.39, 0.29) is 22.6 Å². The summed E-state index contributed by atoms with van der Waals surface area (Å²) in [4.78, 5) is 12.0. The van der Waals surface area contributed by atoms with Crippen molar-refractivity contribution >= 4 is 15.7 Å². The number of nitrogens with one attached hydrogen (secondary N) is 1. The summed E-state index contributed by atoms with van der Waals surface area (Å²) in [6.07, 6.45) is -3.43. The van der Waals surface area contributed by atoms with Crippen LogP contribution in [0.5, 0.6) is 0 Å². The molecule has 0 heterocycles. The van der Waals surface area contributed by atoms with E-state index in [1.54, 1.807) is 0 Å². The lowest BCUT2D eigenvalue weighted by atomic mass is 10.1. The highest BCUT2D eigenvalue weighted by atomic mass is 32.2. The highest BCUT2D eigenvalue weighted by molar-refractivity contribution is 7.90. The first-order valence-corrected chi connectivity index (χ1v) is 8.71. The van der Waals surface area contributed by atoms with Crippen LogP contribution in [0.1, 0.15) is 21.5 Å². The van der Waals surface area contributed by atoms with Gasteiger partial charge in [0, 0.05) is 18.4 Å². The van der Waals surface area contributed by atoms with Gasteiger partial charge in [0.2, 0.25) is 0 Å². The number of benzene rings is 2. The summed E-state index contributed by atoms with van der Waals surface area (Å²) in [5.74, 6) is -0.571. The Morgan fingerprint density at radius 1 is 1.08 bits per heavy atom. The standard InChI is InChI=1S/C16H14F3NO3S/c1-24(22,23)14-7-3-5-12(9-14)15(21)20-10-11-4-2-6-13(8-11)16(17,18)19/h2-9H,10H2,1H3,(H,20,21). The fourth-order valence-electron chi connectivity index (χ4n) is 2.01. The number of amides is 1. The van der Waals surface area contributed by atoms with Gasteiger partial charge in [-0.15, -0.1) is 0 Å². The van der Waals surface area contributed by atoms with Crippen LogP contribution in [-0.4, -0.2) is 20.6 Å². The molecule has 8 heteroatoms. The Balaban J connectivity index is 2.12. The highest BCUT2D eigenvalue weighted by Gasteiger charge is 2.30. The number of carbonyl (C=O) groups excluding carboxylic acids is 1. The minimum atomic E-state index is -4.45. The molecule has 24 heavy (non-hydrogen) atoms. The van der Waals surface area contributed by atoms with Gasteiger partial charge in [0.25, 0.3) is 5.91 Å². The molecule has 0 saturated heterocycles. The van der Waals surface area contributed by atoms with Crippen LogP contribution in [0.4, 0.5) is 13.2 Å². The van der Waals surface area contributed by atoms with Crippen LogP contribution >= 0.6 is 0 Å². The molecule has 0 radical (unpaired) electrons. The monoisotopic (exact) mass is 357 g/mol. The highest BCUT2D eigenvalue weighted by Crippen LogP contribution is 2.29. The maximum absolute atomic E-state index is 12.6. The zero-order valence-corrected chi connectivity index (χ0v) is 13.4. The number of hydrogen-bond acceptors (Lipinski definition) is 3. The largest absolute Gasteiger partial charge is 0.416 e. The van der Waals surface area contributed by atoms with Crippen molar-refractivity contribution in [2.24, 2.45) is 0 Å². The summed E-state index contributed by atoms with van der Waals surface area (Å²) < 4.78 is 60.9. The van der Waals surface area contributed by atoms with Crippen molar-refractivity contribution in [3.05, 3.63) is 65.2 Å². The smallest absolute Gasteiger partial charge is 0.348 e. The van der Waals surface area contributed by atoms with Gasteiger partial charge in [0.15, 0.2) is 9.84 Å². The molecule has 0 spiro atoms. The molecular formula is C16H14F3NO3S. The molecule has 0 bridgehead atoms. The van der Waals surface area contributed by atoms with Crippen molar-refractivity contribution in [1.82, 2.24) is 5.32 Å². The topological polar surface area (TPSA) is 63.2 Å². The lowest BCUT2D eigenvalue weighted by Crippen LogP contribution is -2.23. The number of alkyl halides is 3. The molecule has 0 aliphatic heterocycles. The molecule has 0 aromatic heterocycles. The van der Waals surface area contributed by atoms with Gasteiger partial charge in [-0.2, -0.15) is 13.2 Å². The molecule has 2 aromatic carbocycles. The Morgan fingerprint density at radius 3 is 2.38 bits per heavy atom. The molecule has 4 nitrogen and oxygen atoms in total. The van der Waals surface area contributed by atoms with Crippen LogP contribution in [0.3, 0.4) is 0 Å². The van der Waals surface area contributed by atoms with Crippen LogP contribution in [0, 0.1) is 0 Å². The second kappa shape index (κ2) is 6.64. The quantitative estimate of drug-likeness (QED) is 0.915. The zero-order valence-electron chi connectivity index (χ0n) is 12.6. The van der Waals surface area contributed by atoms with E-state index in [1.165, 1.54) is 36.4 Å². The Kier molecular flexibility index (Phi) is 4.98. The minimum absolute atomic E-state index is 0.00535. The Hall–Kier alpha value is -2.35. The molecule has 0 saturated carbocycles. The summed E-state index contributed by atoms with van der Waals surface area (Å²) in [7, 11) is -3.45. The van der Waals surface area contributed by atoms with Gasteiger partial charge in [-0.25, -0.2) is 8.42 Å². The van der Waals surface area contributed by atoms with Crippen LogP contribution in [0.25, 0.3) is 0 Å². The molecule has 0 unspecified atom stereocenters. The van der Waals surface area contributed by atoms with Crippen LogP contribution in [-0.2, 0) is 22.6 Å². The SMILES string of the molecule is CS(=O)(=O)c1cccc(C(=O)NCc2cccc(C(F)(F)F)c2)c1. The third-order valence-electron chi connectivity index (χ3n) is 3.23. The van der Waals surface area contributed by atoms with Gasteiger partial charge in [-0.1, -0.05) is 18.2 Å². The molecule has 2 rings (SSSR count). The van der Waals surface area contributed by atoms with Gasteiger partial charge in [-0.05, 0) is 35.9 Å². The van der Waals surface area contributed by atoms with E-state index in [1.807, 2.05) is 0 Å². The second-order valence-electron chi connectivity index (χ2n) is 5.18. The maximum Gasteiger partial charge on any atom is 0.416 e. The number of carbonyl (C=O) groups is 1. The average Bonchev–Trinajstić information content (AvgIpc) is 2.51. The fraction of sp³-hybridized carbons (Fsp3) is 0.188. The van der Waals surface area contributed by atoms with Crippen molar-refractivity contribution in [3.8, 4) is 0 Å². The molecule has 1 amide bonds. The van der Waals surface area contributed by atoms with E-state index in [0.717, 1.165) is 18.4 Å². The first-order valence-electron chi connectivity index (χ1n) is 6.82. The molecule has 1 N–H and O–H groups in total. The van der Waals surface area contributed by atoms with Crippen LogP contribution in [0.15, 0.2) is 53.4 Å². The third-order valence-corrected chi connectivity index (χ3v) is 4.34. The number of hydrogen-bond donors (Lipinski definition) is 1. The maximum atomic E-state index is 12.6. The number of sulfone groups is 1. The van der Waals surface area contributed by atoms with Crippen LogP contribution in [0.2, 0.25) is 0 Å². The summed E-state index contributed by atoms with van der Waals surface area (Å²) in [5, 5.41) is 2.47. The summed E-state index contributed by atoms with van der Waals surface area (Å²) in [6.45, 7) is -0.105. The van der Waals surface area contributed by atoms with Gasteiger partial charge >= 0.3 is 6.18 Å². The molecule has 0 fully saturated rings. The Morgan fingerprint density at radius 2 is 1.75 bits per heavy atom. The lowest BCUT2D eigenvalue weighted by molar-refractivity contribution is -0.137. The molecular weight excluding hydrogens is 343 g/mol. The average molecular weight is 357 g/mol. The number of halogens is 3. The minimum Gasteiger partial charge on any atom is -0.348 e. The van der Waals surface area contributed by atoms with E-state index in [9.17, 15) is 26.4 Å². The number of rotatable bonds is 4. The summed E-state index contributed by atoms with van der Waals surface area (Å²) in [6, 6.07) is 10.0. The molecule has 128 valence electrons. The van der Waals surface area contributed by atoms with E-state index in [2.05, 4.69) is 5.32 Å². The van der Waals surface area contributed by atoms with Crippen molar-refractivity contribution < 1.29 is 26.4 Å². The predicted molar refractivity (Wildman–Crippen MR) is 82.2 cm³/mol. The van der Waals surface area contributed by atoms with Crippen molar-refractivity contribution in [2.75, 3.05) is 6.26 Å². The van der Waals surface area contributed by atoms with Gasteiger partial charge in [0.1, 0.15) is 0 Å². The van der Waals surface area contributed by atoms with Crippen molar-refractivity contribution in [3.63, 3.8) is 0 Å². The Labute approximate surface area is 137 Å². The first kappa shape index (κ1) is 18.0. The van der Waals surface area contributed by atoms with E-state index < -0.39 is 27.5 Å². The van der Waals surface area contributed by atoms with Gasteiger partial charge in [0.05, 0.1) is 10.5 Å². The van der Waals surface area contributed by atoms with Gasteiger partial charge < -0.3 is 5.32 Å². The summed E-state index contributed by atoms with van der Waals surface area (Å²) in [5.41, 5.74) is -0.393. The van der Waals surface area contributed by atoms with Crippen LogP contribution < -0.4 is 5.32 Å². The molecule has 2 aromatic rings. The molecule has 0 atom stereocenters. The molecule has 0 aliphatic carbocycles. The second-order valence-corrected chi connectivity index (χ2v) is 7.20.